The highest BCUT2D eigenvalue weighted by molar-refractivity contribution is 7.91. The van der Waals surface area contributed by atoms with E-state index in [1.807, 2.05) is 0 Å². The zero-order valence-corrected chi connectivity index (χ0v) is 17.4. The van der Waals surface area contributed by atoms with Gasteiger partial charge in [-0.2, -0.15) is 5.10 Å². The lowest BCUT2D eigenvalue weighted by molar-refractivity contribution is 0.137. The van der Waals surface area contributed by atoms with Crippen LogP contribution in [0.25, 0.3) is 11.4 Å². The van der Waals surface area contributed by atoms with Crippen molar-refractivity contribution in [2.75, 3.05) is 18.1 Å². The van der Waals surface area contributed by atoms with Crippen LogP contribution in [0.3, 0.4) is 0 Å². The predicted octanol–water partition coefficient (Wildman–Crippen LogP) is 2.86. The van der Waals surface area contributed by atoms with Gasteiger partial charge in [0.15, 0.2) is 20.4 Å². The molecule has 1 fully saturated rings. The van der Waals surface area contributed by atoms with Gasteiger partial charge in [-0.15, -0.1) is 0 Å². The lowest BCUT2D eigenvalue weighted by atomic mass is 10.1. The van der Waals surface area contributed by atoms with Crippen LogP contribution in [0.5, 0.6) is 0 Å². The number of hydrogen-bond acceptors (Lipinski definition) is 5. The first-order valence-corrected chi connectivity index (χ1v) is 11.2. The largest absolute Gasteiger partial charge is 0.303 e. The zero-order valence-electron chi connectivity index (χ0n) is 15.8. The molecule has 0 radical (unpaired) electrons. The second-order valence-electron chi connectivity index (χ2n) is 7.51. The van der Waals surface area contributed by atoms with E-state index in [4.69, 9.17) is 12.2 Å². The Morgan fingerprint density at radius 1 is 1.37 bits per heavy atom. The van der Waals surface area contributed by atoms with Gasteiger partial charge in [-0.1, -0.05) is 26.0 Å². The van der Waals surface area contributed by atoms with Gasteiger partial charge in [-0.25, -0.2) is 17.5 Å². The Morgan fingerprint density at radius 3 is 2.67 bits per heavy atom. The molecule has 148 valence electrons. The number of aromatic nitrogens is 3. The number of hydrogen-bond donors (Lipinski definition) is 0. The predicted molar refractivity (Wildman–Crippen MR) is 106 cm³/mol. The minimum atomic E-state index is -2.98. The molecule has 0 bridgehead atoms. The Hall–Kier alpha value is -1.58. The van der Waals surface area contributed by atoms with Crippen molar-refractivity contribution in [2.24, 2.45) is 13.0 Å². The van der Waals surface area contributed by atoms with Crippen LogP contribution in [0, 0.1) is 16.5 Å². The molecule has 27 heavy (non-hydrogen) atoms. The lowest BCUT2D eigenvalue weighted by Gasteiger charge is -2.29. The Kier molecular flexibility index (Phi) is 5.83. The second kappa shape index (κ2) is 7.81. The fourth-order valence-corrected chi connectivity index (χ4v) is 5.43. The minimum absolute atomic E-state index is 0.0433. The Balaban J connectivity index is 1.92. The number of rotatable bonds is 6. The van der Waals surface area contributed by atoms with Crippen LogP contribution in [0.2, 0.25) is 0 Å². The quantitative estimate of drug-likeness (QED) is 0.683. The number of sulfone groups is 1. The zero-order chi connectivity index (χ0) is 19.8. The Morgan fingerprint density at radius 2 is 2.07 bits per heavy atom. The van der Waals surface area contributed by atoms with E-state index in [0.717, 1.165) is 6.54 Å². The summed E-state index contributed by atoms with van der Waals surface area (Å²) in [5.74, 6) is 0.868. The first kappa shape index (κ1) is 20.2. The van der Waals surface area contributed by atoms with Crippen LogP contribution in [-0.2, 0) is 23.6 Å². The monoisotopic (exact) mass is 412 g/mol. The van der Waals surface area contributed by atoms with E-state index in [9.17, 15) is 12.8 Å². The number of nitrogens with zero attached hydrogens (tertiary/aromatic N) is 4. The fourth-order valence-electron chi connectivity index (χ4n) is 3.48. The van der Waals surface area contributed by atoms with E-state index in [-0.39, 0.29) is 23.4 Å². The Bertz CT molecular complexity index is 981. The summed E-state index contributed by atoms with van der Waals surface area (Å²) in [7, 11) is -1.22. The molecule has 0 unspecified atom stereocenters. The normalized spacial score (nSPS) is 19.3. The summed E-state index contributed by atoms with van der Waals surface area (Å²) in [5, 5.41) is 4.54. The third-order valence-electron chi connectivity index (χ3n) is 4.80. The van der Waals surface area contributed by atoms with E-state index in [1.165, 1.54) is 6.07 Å². The first-order chi connectivity index (χ1) is 12.7. The van der Waals surface area contributed by atoms with E-state index in [0.29, 0.717) is 35.2 Å². The van der Waals surface area contributed by atoms with E-state index < -0.39 is 9.84 Å². The Labute approximate surface area is 164 Å². The third-order valence-corrected chi connectivity index (χ3v) is 7.03. The fraction of sp³-hybridized carbons (Fsp3) is 0.556. The molecule has 1 aliphatic rings. The van der Waals surface area contributed by atoms with Gasteiger partial charge in [0.25, 0.3) is 0 Å². The summed E-state index contributed by atoms with van der Waals surface area (Å²) < 4.78 is 41.8. The maximum absolute atomic E-state index is 14.2. The highest BCUT2D eigenvalue weighted by atomic mass is 32.2. The number of halogens is 1. The number of benzene rings is 1. The van der Waals surface area contributed by atoms with Gasteiger partial charge in [-0.3, -0.25) is 4.90 Å². The molecule has 1 aromatic heterocycles. The van der Waals surface area contributed by atoms with Gasteiger partial charge in [0, 0.05) is 19.6 Å². The van der Waals surface area contributed by atoms with Crippen molar-refractivity contribution in [1.82, 2.24) is 19.2 Å². The molecule has 1 atom stereocenters. The van der Waals surface area contributed by atoms with Crippen LogP contribution in [0.4, 0.5) is 4.39 Å². The average Bonchev–Trinajstić information content (AvgIpc) is 3.08. The summed E-state index contributed by atoms with van der Waals surface area (Å²) in [4.78, 5) is 2.13. The van der Waals surface area contributed by atoms with Crippen LogP contribution in [0.1, 0.15) is 20.3 Å². The van der Waals surface area contributed by atoms with Crippen molar-refractivity contribution in [3.05, 3.63) is 34.9 Å². The van der Waals surface area contributed by atoms with E-state index in [2.05, 4.69) is 23.8 Å². The maximum atomic E-state index is 14.2. The summed E-state index contributed by atoms with van der Waals surface area (Å²) in [6, 6.07) is 6.42. The third kappa shape index (κ3) is 4.47. The van der Waals surface area contributed by atoms with Gasteiger partial charge in [0.05, 0.1) is 23.7 Å². The van der Waals surface area contributed by atoms with Crippen molar-refractivity contribution in [1.29, 1.82) is 0 Å². The van der Waals surface area contributed by atoms with Crippen molar-refractivity contribution in [3.63, 3.8) is 0 Å². The van der Waals surface area contributed by atoms with Gasteiger partial charge >= 0.3 is 0 Å². The molecule has 2 heterocycles. The van der Waals surface area contributed by atoms with Gasteiger partial charge in [-0.05, 0) is 36.7 Å². The molecule has 0 N–H and O–H groups in total. The summed E-state index contributed by atoms with van der Waals surface area (Å²) >= 11 is 5.51. The molecule has 3 rings (SSSR count). The topological polar surface area (TPSA) is 60.1 Å². The van der Waals surface area contributed by atoms with Crippen LogP contribution in [-0.4, -0.2) is 51.8 Å². The van der Waals surface area contributed by atoms with Gasteiger partial charge < -0.3 is 4.57 Å². The van der Waals surface area contributed by atoms with Crippen LogP contribution in [0.15, 0.2) is 24.3 Å². The summed E-state index contributed by atoms with van der Waals surface area (Å²) in [6.07, 6.45) is 0.620. The molecule has 0 saturated carbocycles. The van der Waals surface area contributed by atoms with Gasteiger partial charge in [0.2, 0.25) is 0 Å². The van der Waals surface area contributed by atoms with Crippen molar-refractivity contribution < 1.29 is 12.8 Å². The van der Waals surface area contributed by atoms with Crippen LogP contribution >= 0.6 is 12.2 Å². The van der Waals surface area contributed by atoms with E-state index >= 15 is 0 Å². The van der Waals surface area contributed by atoms with E-state index in [1.54, 1.807) is 34.5 Å². The molecule has 9 heteroatoms. The highest BCUT2D eigenvalue weighted by Crippen LogP contribution is 2.23. The standard InChI is InChI=1S/C18H25FN4O2S2/c1-13(2)10-22(14-8-9-27(24,25)11-14)12-23-18(26)21(3)17(20-23)15-6-4-5-7-16(15)19/h4-7,13-14H,8-12H2,1-3H3/t14-/m1/s1. The summed E-state index contributed by atoms with van der Waals surface area (Å²) in [5.41, 5.74) is 0.392. The molecular formula is C18H25FN4O2S2. The molecule has 0 spiro atoms. The van der Waals surface area contributed by atoms with Crippen LogP contribution < -0.4 is 0 Å². The maximum Gasteiger partial charge on any atom is 0.199 e. The van der Waals surface area contributed by atoms with Crippen molar-refractivity contribution in [3.8, 4) is 11.4 Å². The molecule has 1 aromatic carbocycles. The first-order valence-electron chi connectivity index (χ1n) is 9.01. The van der Waals surface area contributed by atoms with Gasteiger partial charge in [0.1, 0.15) is 5.82 Å². The summed E-state index contributed by atoms with van der Waals surface area (Å²) in [6.45, 7) is 5.32. The highest BCUT2D eigenvalue weighted by Gasteiger charge is 2.33. The lowest BCUT2D eigenvalue weighted by Crippen LogP contribution is -2.40. The molecular weight excluding hydrogens is 387 g/mol. The SMILES string of the molecule is CC(C)CN(Cn1nc(-c2ccccc2F)n(C)c1=S)[C@@H]1CCS(=O)(=O)C1. The molecule has 2 aromatic rings. The molecule has 1 saturated heterocycles. The molecule has 1 aliphatic heterocycles. The molecule has 0 amide bonds. The minimum Gasteiger partial charge on any atom is -0.303 e. The van der Waals surface area contributed by atoms with Crippen molar-refractivity contribution >= 4 is 22.1 Å². The molecule has 0 aliphatic carbocycles. The second-order valence-corrected chi connectivity index (χ2v) is 10.1. The average molecular weight is 413 g/mol. The van der Waals surface area contributed by atoms with Crippen molar-refractivity contribution in [2.45, 2.75) is 33.0 Å². The smallest absolute Gasteiger partial charge is 0.199 e. The molecule has 6 nitrogen and oxygen atoms in total.